The Kier molecular flexibility index (Phi) is 6.60. The zero-order valence-electron chi connectivity index (χ0n) is 17.4. The van der Waals surface area contributed by atoms with Crippen molar-refractivity contribution in [1.29, 1.82) is 0 Å². The molecule has 1 heterocycles. The van der Waals surface area contributed by atoms with Gasteiger partial charge in [-0.1, -0.05) is 89.7 Å². The van der Waals surface area contributed by atoms with E-state index < -0.39 is 21.5 Å². The summed E-state index contributed by atoms with van der Waals surface area (Å²) >= 11 is 7.65. The van der Waals surface area contributed by atoms with E-state index >= 15 is 0 Å². The van der Waals surface area contributed by atoms with Gasteiger partial charge in [0, 0.05) is 0 Å². The number of anilines is 1. The number of aryl methyl sites for hydroxylation is 1. The van der Waals surface area contributed by atoms with Crippen LogP contribution >= 0.6 is 22.9 Å². The van der Waals surface area contributed by atoms with E-state index in [0.717, 1.165) is 21.3 Å². The molecule has 0 atom stereocenters. The molecular formula is C24H21ClN2O3S2. The molecular weight excluding hydrogens is 464 g/mol. The maximum Gasteiger partial charge on any atom is 0.244 e. The van der Waals surface area contributed by atoms with Crippen LogP contribution in [0.15, 0.2) is 72.8 Å². The van der Waals surface area contributed by atoms with Crippen LogP contribution in [0, 0.1) is 6.92 Å². The summed E-state index contributed by atoms with van der Waals surface area (Å²) in [6.07, 6.45) is 0. The number of hydrogen-bond acceptors (Lipinski definition) is 5. The van der Waals surface area contributed by atoms with Crippen molar-refractivity contribution in [3.63, 3.8) is 0 Å². The Bertz CT molecular complexity index is 1320. The molecule has 8 heteroatoms. The predicted octanol–water partition coefficient (Wildman–Crippen LogP) is 5.41. The van der Waals surface area contributed by atoms with E-state index in [2.05, 4.69) is 4.98 Å². The highest BCUT2D eigenvalue weighted by atomic mass is 35.5. The predicted molar refractivity (Wildman–Crippen MR) is 131 cm³/mol. The number of amides is 1. The summed E-state index contributed by atoms with van der Waals surface area (Å²) in [5, 5.41) is 0.984. The highest BCUT2D eigenvalue weighted by Crippen LogP contribution is 2.36. The number of aromatic nitrogens is 1. The van der Waals surface area contributed by atoms with Gasteiger partial charge < -0.3 is 0 Å². The number of thiazole rings is 1. The molecule has 0 spiro atoms. The van der Waals surface area contributed by atoms with Crippen LogP contribution < -0.4 is 4.90 Å². The third-order valence-electron chi connectivity index (χ3n) is 4.97. The summed E-state index contributed by atoms with van der Waals surface area (Å²) in [5.74, 6) is -1.31. The van der Waals surface area contributed by atoms with Crippen LogP contribution in [0.5, 0.6) is 0 Å². The van der Waals surface area contributed by atoms with Gasteiger partial charge in [-0.2, -0.15) is 0 Å². The van der Waals surface area contributed by atoms with Gasteiger partial charge in [-0.15, -0.1) is 0 Å². The van der Waals surface area contributed by atoms with Gasteiger partial charge in [0.2, 0.25) is 5.91 Å². The molecule has 0 fully saturated rings. The number of sulfone groups is 1. The Morgan fingerprint density at radius 1 is 0.969 bits per heavy atom. The van der Waals surface area contributed by atoms with Crippen LogP contribution in [-0.2, 0) is 26.9 Å². The van der Waals surface area contributed by atoms with E-state index in [4.69, 9.17) is 11.6 Å². The van der Waals surface area contributed by atoms with Gasteiger partial charge in [0.15, 0.2) is 15.0 Å². The molecule has 0 aliphatic heterocycles. The standard InChI is InChI=1S/C24H21ClN2O3S2/c1-17-12-13-20(25)23-22(17)26-24(31-23)27(14-18-8-4-2-5-9-18)21(28)16-32(29,30)15-19-10-6-3-7-11-19/h2-13H,14-16H2,1H3. The maximum atomic E-state index is 13.3. The van der Waals surface area contributed by atoms with Gasteiger partial charge in [0.05, 0.1) is 27.5 Å². The van der Waals surface area contributed by atoms with Gasteiger partial charge in [-0.3, -0.25) is 9.69 Å². The molecule has 0 aliphatic rings. The normalized spacial score (nSPS) is 11.6. The van der Waals surface area contributed by atoms with Gasteiger partial charge in [-0.25, -0.2) is 13.4 Å². The zero-order valence-corrected chi connectivity index (χ0v) is 19.8. The SMILES string of the molecule is Cc1ccc(Cl)c2sc(N(Cc3ccccc3)C(=O)CS(=O)(=O)Cc3ccccc3)nc12. The molecule has 0 unspecified atom stereocenters. The first kappa shape index (κ1) is 22.5. The van der Waals surface area contributed by atoms with Crippen LogP contribution in [0.25, 0.3) is 10.2 Å². The number of nitrogens with zero attached hydrogens (tertiary/aromatic N) is 2. The second kappa shape index (κ2) is 9.40. The average Bonchev–Trinajstić information content (AvgIpc) is 3.22. The molecule has 4 rings (SSSR count). The number of rotatable bonds is 7. The fourth-order valence-electron chi connectivity index (χ4n) is 3.38. The molecule has 5 nitrogen and oxygen atoms in total. The molecule has 0 bridgehead atoms. The average molecular weight is 485 g/mol. The lowest BCUT2D eigenvalue weighted by molar-refractivity contribution is -0.116. The van der Waals surface area contributed by atoms with Crippen molar-refractivity contribution in [2.75, 3.05) is 10.7 Å². The summed E-state index contributed by atoms with van der Waals surface area (Å²) in [6.45, 7) is 2.15. The minimum absolute atomic E-state index is 0.191. The minimum atomic E-state index is -3.67. The molecule has 164 valence electrons. The summed E-state index contributed by atoms with van der Waals surface area (Å²) in [5.41, 5.74) is 3.19. The van der Waals surface area contributed by atoms with E-state index in [9.17, 15) is 13.2 Å². The number of halogens is 1. The van der Waals surface area contributed by atoms with Crippen LogP contribution in [0.3, 0.4) is 0 Å². The van der Waals surface area contributed by atoms with Gasteiger partial charge in [0.1, 0.15) is 5.75 Å². The highest BCUT2D eigenvalue weighted by molar-refractivity contribution is 7.91. The van der Waals surface area contributed by atoms with Crippen LogP contribution in [0.1, 0.15) is 16.7 Å². The summed E-state index contributed by atoms with van der Waals surface area (Å²) in [4.78, 5) is 19.4. The lowest BCUT2D eigenvalue weighted by atomic mass is 10.2. The third-order valence-corrected chi connectivity index (χ3v) is 7.97. The molecule has 0 saturated carbocycles. The Balaban J connectivity index is 1.67. The molecule has 32 heavy (non-hydrogen) atoms. The molecule has 0 aliphatic carbocycles. The zero-order chi connectivity index (χ0) is 22.7. The van der Waals surface area contributed by atoms with E-state index in [1.54, 1.807) is 30.3 Å². The van der Waals surface area contributed by atoms with E-state index in [1.807, 2.05) is 49.4 Å². The van der Waals surface area contributed by atoms with Gasteiger partial charge >= 0.3 is 0 Å². The number of benzene rings is 3. The highest BCUT2D eigenvalue weighted by Gasteiger charge is 2.26. The van der Waals surface area contributed by atoms with Gasteiger partial charge in [-0.05, 0) is 29.7 Å². The Labute approximate surface area is 196 Å². The maximum absolute atomic E-state index is 13.3. The van der Waals surface area contributed by atoms with Crippen molar-refractivity contribution in [1.82, 2.24) is 4.98 Å². The summed E-state index contributed by atoms with van der Waals surface area (Å²) in [6, 6.07) is 22.0. The van der Waals surface area contributed by atoms with E-state index in [0.29, 0.717) is 15.7 Å². The van der Waals surface area contributed by atoms with Crippen molar-refractivity contribution in [2.24, 2.45) is 0 Å². The second-order valence-corrected chi connectivity index (χ2v) is 11.0. The first-order chi connectivity index (χ1) is 15.3. The Morgan fingerprint density at radius 3 is 2.22 bits per heavy atom. The van der Waals surface area contributed by atoms with Crippen molar-refractivity contribution in [3.05, 3.63) is 94.5 Å². The quantitative estimate of drug-likeness (QED) is 0.352. The number of fused-ring (bicyclic) bond motifs is 1. The van der Waals surface area contributed by atoms with Crippen molar-refractivity contribution < 1.29 is 13.2 Å². The molecule has 1 aromatic heterocycles. The monoisotopic (exact) mass is 484 g/mol. The minimum Gasteiger partial charge on any atom is -0.283 e. The molecule has 4 aromatic rings. The van der Waals surface area contributed by atoms with E-state index in [1.165, 1.54) is 16.2 Å². The van der Waals surface area contributed by atoms with Gasteiger partial charge in [0.25, 0.3) is 0 Å². The molecule has 1 amide bonds. The fourth-order valence-corrected chi connectivity index (χ4v) is 6.05. The number of carbonyl (C=O) groups excluding carboxylic acids is 1. The van der Waals surface area contributed by atoms with E-state index in [-0.39, 0.29) is 12.3 Å². The van der Waals surface area contributed by atoms with Crippen molar-refractivity contribution >= 4 is 54.0 Å². The summed E-state index contributed by atoms with van der Waals surface area (Å²) in [7, 11) is -3.67. The first-order valence-corrected chi connectivity index (χ1v) is 13.0. The largest absolute Gasteiger partial charge is 0.283 e. The third kappa shape index (κ3) is 5.18. The Morgan fingerprint density at radius 2 is 1.59 bits per heavy atom. The summed E-state index contributed by atoms with van der Waals surface area (Å²) < 4.78 is 26.4. The molecule has 3 aromatic carbocycles. The van der Waals surface area contributed by atoms with Crippen LogP contribution in [0.2, 0.25) is 5.02 Å². The fraction of sp³-hybridized carbons (Fsp3) is 0.167. The Hall–Kier alpha value is -2.74. The van der Waals surface area contributed by atoms with Crippen LogP contribution in [0.4, 0.5) is 5.13 Å². The first-order valence-electron chi connectivity index (χ1n) is 9.97. The smallest absolute Gasteiger partial charge is 0.244 e. The molecule has 0 saturated heterocycles. The number of hydrogen-bond donors (Lipinski definition) is 0. The topological polar surface area (TPSA) is 67.3 Å². The van der Waals surface area contributed by atoms with Crippen molar-refractivity contribution in [3.8, 4) is 0 Å². The lowest BCUT2D eigenvalue weighted by Crippen LogP contribution is -2.35. The molecule has 0 radical (unpaired) electrons. The van der Waals surface area contributed by atoms with Crippen LogP contribution in [-0.4, -0.2) is 25.1 Å². The molecule has 0 N–H and O–H groups in total. The second-order valence-electron chi connectivity index (χ2n) is 7.52. The number of carbonyl (C=O) groups is 1. The lowest BCUT2D eigenvalue weighted by Gasteiger charge is -2.20. The van der Waals surface area contributed by atoms with Crippen molar-refractivity contribution in [2.45, 2.75) is 19.2 Å².